The molecule has 0 spiro atoms. The quantitative estimate of drug-likeness (QED) is 0.864. The second-order valence-electron chi connectivity index (χ2n) is 5.38. The SMILES string of the molecule is COc1c(C(C)C)cccc1C(C)(O)C(C)C. The lowest BCUT2D eigenvalue weighted by atomic mass is 9.82. The van der Waals surface area contributed by atoms with Gasteiger partial charge in [0.15, 0.2) is 0 Å². The lowest BCUT2D eigenvalue weighted by Crippen LogP contribution is -2.28. The third kappa shape index (κ3) is 2.63. The summed E-state index contributed by atoms with van der Waals surface area (Å²) in [6, 6.07) is 6.00. The van der Waals surface area contributed by atoms with Gasteiger partial charge in [-0.05, 0) is 24.3 Å². The Hall–Kier alpha value is -1.02. The second kappa shape index (κ2) is 5.09. The summed E-state index contributed by atoms with van der Waals surface area (Å²) >= 11 is 0. The molecule has 0 amide bonds. The highest BCUT2D eigenvalue weighted by atomic mass is 16.5. The number of para-hydroxylation sites is 1. The zero-order chi connectivity index (χ0) is 13.2. The molecule has 0 radical (unpaired) electrons. The minimum atomic E-state index is -0.865. The van der Waals surface area contributed by atoms with Crippen LogP contribution in [0.4, 0.5) is 0 Å². The smallest absolute Gasteiger partial charge is 0.128 e. The molecule has 1 aromatic carbocycles. The van der Waals surface area contributed by atoms with Crippen molar-refractivity contribution in [2.45, 2.75) is 46.1 Å². The fourth-order valence-corrected chi connectivity index (χ4v) is 1.95. The Labute approximate surface area is 105 Å². The molecule has 2 nitrogen and oxygen atoms in total. The van der Waals surface area contributed by atoms with E-state index in [4.69, 9.17) is 4.74 Å². The highest BCUT2D eigenvalue weighted by Crippen LogP contribution is 2.39. The normalized spacial score (nSPS) is 15.1. The predicted molar refractivity (Wildman–Crippen MR) is 71.5 cm³/mol. The average molecular weight is 236 g/mol. The van der Waals surface area contributed by atoms with Gasteiger partial charge in [0.1, 0.15) is 5.75 Å². The van der Waals surface area contributed by atoms with Gasteiger partial charge in [-0.1, -0.05) is 45.9 Å². The van der Waals surface area contributed by atoms with Crippen molar-refractivity contribution in [3.05, 3.63) is 29.3 Å². The first-order valence-electron chi connectivity index (χ1n) is 6.22. The molecule has 0 saturated carbocycles. The summed E-state index contributed by atoms with van der Waals surface area (Å²) in [5.74, 6) is 1.34. The molecule has 1 rings (SSSR count). The fraction of sp³-hybridized carbons (Fsp3) is 0.600. The highest BCUT2D eigenvalue weighted by Gasteiger charge is 2.31. The monoisotopic (exact) mass is 236 g/mol. The molecule has 17 heavy (non-hydrogen) atoms. The number of rotatable bonds is 4. The Morgan fingerprint density at radius 3 is 2.18 bits per heavy atom. The van der Waals surface area contributed by atoms with Crippen molar-refractivity contribution in [2.75, 3.05) is 7.11 Å². The third-order valence-corrected chi connectivity index (χ3v) is 3.54. The molecule has 0 aliphatic carbocycles. The Morgan fingerprint density at radius 1 is 1.18 bits per heavy atom. The first-order chi connectivity index (χ1) is 7.82. The van der Waals surface area contributed by atoms with E-state index in [0.717, 1.165) is 16.9 Å². The topological polar surface area (TPSA) is 29.5 Å². The van der Waals surface area contributed by atoms with Crippen LogP contribution in [0.1, 0.15) is 51.7 Å². The van der Waals surface area contributed by atoms with Crippen LogP contribution in [0.5, 0.6) is 5.75 Å². The molecule has 2 heteroatoms. The molecule has 0 fully saturated rings. The number of benzene rings is 1. The number of hydrogen-bond acceptors (Lipinski definition) is 2. The van der Waals surface area contributed by atoms with E-state index in [2.05, 4.69) is 19.9 Å². The Kier molecular flexibility index (Phi) is 4.21. The number of hydrogen-bond donors (Lipinski definition) is 1. The molecule has 0 bridgehead atoms. The van der Waals surface area contributed by atoms with Crippen LogP contribution in [0, 0.1) is 5.92 Å². The van der Waals surface area contributed by atoms with E-state index in [1.54, 1.807) is 7.11 Å². The Bertz CT molecular complexity index is 379. The van der Waals surface area contributed by atoms with Gasteiger partial charge in [0.05, 0.1) is 12.7 Å². The van der Waals surface area contributed by atoms with Gasteiger partial charge in [0.25, 0.3) is 0 Å². The number of methoxy groups -OCH3 is 1. The van der Waals surface area contributed by atoms with E-state index in [0.29, 0.717) is 5.92 Å². The van der Waals surface area contributed by atoms with Gasteiger partial charge in [-0.25, -0.2) is 0 Å². The van der Waals surface area contributed by atoms with E-state index >= 15 is 0 Å². The number of aliphatic hydroxyl groups is 1. The summed E-state index contributed by atoms with van der Waals surface area (Å²) in [7, 11) is 1.67. The molecule has 0 saturated heterocycles. The summed E-state index contributed by atoms with van der Waals surface area (Å²) < 4.78 is 5.51. The predicted octanol–water partition coefficient (Wildman–Crippen LogP) is 3.68. The maximum Gasteiger partial charge on any atom is 0.128 e. The summed E-state index contributed by atoms with van der Waals surface area (Å²) in [6.07, 6.45) is 0. The van der Waals surface area contributed by atoms with Crippen molar-refractivity contribution in [1.82, 2.24) is 0 Å². The van der Waals surface area contributed by atoms with Crippen LogP contribution in [0.3, 0.4) is 0 Å². The van der Waals surface area contributed by atoms with Crippen molar-refractivity contribution in [3.63, 3.8) is 0 Å². The van der Waals surface area contributed by atoms with Gasteiger partial charge < -0.3 is 9.84 Å². The molecular formula is C15H24O2. The Balaban J connectivity index is 3.39. The maximum absolute atomic E-state index is 10.6. The molecular weight excluding hydrogens is 212 g/mol. The van der Waals surface area contributed by atoms with Crippen molar-refractivity contribution in [3.8, 4) is 5.75 Å². The molecule has 1 aromatic rings. The number of ether oxygens (including phenoxy) is 1. The standard InChI is InChI=1S/C15H24O2/c1-10(2)12-8-7-9-13(14(12)17-6)15(5,16)11(3)4/h7-11,16H,1-6H3. The van der Waals surface area contributed by atoms with Gasteiger partial charge in [0, 0.05) is 5.56 Å². The summed E-state index contributed by atoms with van der Waals surface area (Å²) in [5.41, 5.74) is 1.16. The molecule has 96 valence electrons. The first-order valence-corrected chi connectivity index (χ1v) is 6.22. The second-order valence-corrected chi connectivity index (χ2v) is 5.38. The van der Waals surface area contributed by atoms with Crippen LogP contribution in [0.2, 0.25) is 0 Å². The van der Waals surface area contributed by atoms with Gasteiger partial charge in [-0.2, -0.15) is 0 Å². The zero-order valence-corrected chi connectivity index (χ0v) is 11.7. The highest BCUT2D eigenvalue weighted by molar-refractivity contribution is 5.46. The molecule has 0 heterocycles. The largest absolute Gasteiger partial charge is 0.496 e. The van der Waals surface area contributed by atoms with E-state index in [1.165, 1.54) is 0 Å². The van der Waals surface area contributed by atoms with E-state index in [-0.39, 0.29) is 5.92 Å². The first kappa shape index (κ1) is 14.0. The van der Waals surface area contributed by atoms with Crippen molar-refractivity contribution in [1.29, 1.82) is 0 Å². The minimum absolute atomic E-state index is 0.138. The molecule has 0 aromatic heterocycles. The van der Waals surface area contributed by atoms with Gasteiger partial charge in [-0.15, -0.1) is 0 Å². The summed E-state index contributed by atoms with van der Waals surface area (Å²) in [5, 5.41) is 10.6. The van der Waals surface area contributed by atoms with E-state index in [1.807, 2.05) is 32.9 Å². The van der Waals surface area contributed by atoms with E-state index in [9.17, 15) is 5.11 Å². The average Bonchev–Trinajstić information content (AvgIpc) is 2.27. The van der Waals surface area contributed by atoms with E-state index < -0.39 is 5.60 Å². The van der Waals surface area contributed by atoms with Crippen LogP contribution in [-0.2, 0) is 5.60 Å². The van der Waals surface area contributed by atoms with Crippen LogP contribution >= 0.6 is 0 Å². The third-order valence-electron chi connectivity index (χ3n) is 3.54. The summed E-state index contributed by atoms with van der Waals surface area (Å²) in [6.45, 7) is 10.1. The Morgan fingerprint density at radius 2 is 1.76 bits per heavy atom. The van der Waals surface area contributed by atoms with Crippen LogP contribution in [0.25, 0.3) is 0 Å². The molecule has 1 N–H and O–H groups in total. The van der Waals surface area contributed by atoms with Gasteiger partial charge in [0.2, 0.25) is 0 Å². The van der Waals surface area contributed by atoms with Gasteiger partial charge >= 0.3 is 0 Å². The van der Waals surface area contributed by atoms with Gasteiger partial charge in [-0.3, -0.25) is 0 Å². The molecule has 1 unspecified atom stereocenters. The van der Waals surface area contributed by atoms with Crippen molar-refractivity contribution < 1.29 is 9.84 Å². The van der Waals surface area contributed by atoms with Crippen LogP contribution in [0.15, 0.2) is 18.2 Å². The fourth-order valence-electron chi connectivity index (χ4n) is 1.95. The lowest BCUT2D eigenvalue weighted by Gasteiger charge is -2.31. The molecule has 0 aliphatic heterocycles. The lowest BCUT2D eigenvalue weighted by molar-refractivity contribution is 0.00682. The maximum atomic E-state index is 10.6. The van der Waals surface area contributed by atoms with Crippen molar-refractivity contribution in [2.24, 2.45) is 5.92 Å². The zero-order valence-electron chi connectivity index (χ0n) is 11.7. The van der Waals surface area contributed by atoms with Crippen LogP contribution < -0.4 is 4.74 Å². The molecule has 1 atom stereocenters. The summed E-state index contributed by atoms with van der Waals surface area (Å²) in [4.78, 5) is 0. The molecule has 0 aliphatic rings. The minimum Gasteiger partial charge on any atom is -0.496 e. The van der Waals surface area contributed by atoms with Crippen molar-refractivity contribution >= 4 is 0 Å². The van der Waals surface area contributed by atoms with Crippen LogP contribution in [-0.4, -0.2) is 12.2 Å².